The lowest BCUT2D eigenvalue weighted by Gasteiger charge is -2.21. The number of anilines is 1. The molecular weight excluding hydrogens is 266 g/mol. The van der Waals surface area contributed by atoms with Gasteiger partial charge >= 0.3 is 0 Å². The molecule has 2 aliphatic rings. The molecule has 112 valence electrons. The Labute approximate surface area is 124 Å². The zero-order chi connectivity index (χ0) is 14.8. The first-order valence-electron chi connectivity index (χ1n) is 7.54. The predicted octanol–water partition coefficient (Wildman–Crippen LogP) is 2.55. The summed E-state index contributed by atoms with van der Waals surface area (Å²) in [5.41, 5.74) is 6.77. The highest BCUT2D eigenvalue weighted by Gasteiger charge is 2.40. The molecule has 1 aromatic carbocycles. The van der Waals surface area contributed by atoms with Gasteiger partial charge in [0.05, 0.1) is 5.69 Å². The van der Waals surface area contributed by atoms with Crippen molar-refractivity contribution in [2.45, 2.75) is 32.1 Å². The van der Waals surface area contributed by atoms with Crippen molar-refractivity contribution in [1.29, 1.82) is 0 Å². The van der Waals surface area contributed by atoms with E-state index in [-0.39, 0.29) is 11.7 Å². The van der Waals surface area contributed by atoms with E-state index in [1.807, 2.05) is 6.07 Å². The summed E-state index contributed by atoms with van der Waals surface area (Å²) >= 11 is 0. The van der Waals surface area contributed by atoms with E-state index in [2.05, 4.69) is 10.5 Å². The smallest absolute Gasteiger partial charge is 0.224 e. The number of nitrogens with two attached hydrogens (primary N) is 1. The van der Waals surface area contributed by atoms with Gasteiger partial charge in [0.25, 0.3) is 0 Å². The van der Waals surface area contributed by atoms with Crippen LogP contribution in [0, 0.1) is 17.8 Å². The summed E-state index contributed by atoms with van der Waals surface area (Å²) in [6, 6.07) is 7.11. The van der Waals surface area contributed by atoms with Crippen LogP contribution in [0.2, 0.25) is 0 Å². The molecule has 4 N–H and O–H groups in total. The second-order valence-corrected chi connectivity index (χ2v) is 6.22. The number of hydrogen-bond donors (Lipinski definition) is 3. The van der Waals surface area contributed by atoms with Crippen LogP contribution in [-0.2, 0) is 4.79 Å². The molecule has 5 heteroatoms. The second kappa shape index (κ2) is 5.76. The number of amides is 1. The Morgan fingerprint density at radius 1 is 1.33 bits per heavy atom. The predicted molar refractivity (Wildman–Crippen MR) is 81.1 cm³/mol. The van der Waals surface area contributed by atoms with Crippen LogP contribution in [0.1, 0.15) is 37.7 Å². The van der Waals surface area contributed by atoms with Crippen LogP contribution in [0.25, 0.3) is 0 Å². The van der Waals surface area contributed by atoms with Gasteiger partial charge in [0, 0.05) is 12.0 Å². The van der Waals surface area contributed by atoms with E-state index in [0.29, 0.717) is 23.6 Å². The van der Waals surface area contributed by atoms with E-state index in [0.717, 1.165) is 11.8 Å². The van der Waals surface area contributed by atoms with E-state index < -0.39 is 0 Å². The summed E-state index contributed by atoms with van der Waals surface area (Å²) in [6.45, 7) is 0. The number of benzene rings is 1. The number of fused-ring (bicyclic) bond motifs is 2. The number of para-hydroxylation sites is 1. The normalized spacial score (nSPS) is 27.8. The van der Waals surface area contributed by atoms with Gasteiger partial charge in [0.15, 0.2) is 5.84 Å². The third-order valence-corrected chi connectivity index (χ3v) is 4.92. The van der Waals surface area contributed by atoms with Gasteiger partial charge in [0.1, 0.15) is 0 Å². The van der Waals surface area contributed by atoms with Gasteiger partial charge < -0.3 is 16.3 Å². The van der Waals surface area contributed by atoms with Crippen LogP contribution < -0.4 is 11.1 Å². The van der Waals surface area contributed by atoms with Gasteiger partial charge in [-0.2, -0.15) is 0 Å². The third kappa shape index (κ3) is 2.86. The molecule has 2 bridgehead atoms. The molecule has 0 heterocycles. The van der Waals surface area contributed by atoms with Crippen molar-refractivity contribution in [2.75, 3.05) is 5.32 Å². The first-order valence-corrected chi connectivity index (χ1v) is 7.54. The minimum absolute atomic E-state index is 0.00539. The number of carbonyl (C=O) groups excluding carboxylic acids is 1. The molecule has 0 spiro atoms. The van der Waals surface area contributed by atoms with Crippen LogP contribution in [0.3, 0.4) is 0 Å². The van der Waals surface area contributed by atoms with Gasteiger partial charge in [-0.1, -0.05) is 23.7 Å². The van der Waals surface area contributed by atoms with Crippen LogP contribution in [0.4, 0.5) is 5.69 Å². The molecule has 2 aliphatic carbocycles. The Hall–Kier alpha value is -2.04. The Morgan fingerprint density at radius 2 is 2.14 bits per heavy atom. The number of nitrogens with one attached hydrogen (secondary N) is 1. The average molecular weight is 287 g/mol. The molecule has 3 rings (SSSR count). The Bertz CT molecular complexity index is 570. The van der Waals surface area contributed by atoms with E-state index in [1.54, 1.807) is 18.2 Å². The largest absolute Gasteiger partial charge is 0.409 e. The van der Waals surface area contributed by atoms with Crippen molar-refractivity contribution < 1.29 is 10.0 Å². The minimum atomic E-state index is 0.00539. The molecule has 3 unspecified atom stereocenters. The molecule has 0 aliphatic heterocycles. The van der Waals surface area contributed by atoms with Crippen molar-refractivity contribution in [2.24, 2.45) is 28.6 Å². The summed E-state index contributed by atoms with van der Waals surface area (Å²) < 4.78 is 0. The minimum Gasteiger partial charge on any atom is -0.409 e. The van der Waals surface area contributed by atoms with E-state index >= 15 is 0 Å². The second-order valence-electron chi connectivity index (χ2n) is 6.22. The number of amidine groups is 1. The average Bonchev–Trinajstić information content (AvgIpc) is 3.09. The van der Waals surface area contributed by atoms with Crippen molar-refractivity contribution in [3.05, 3.63) is 29.8 Å². The zero-order valence-electron chi connectivity index (χ0n) is 12.0. The van der Waals surface area contributed by atoms with Crippen LogP contribution in [0.15, 0.2) is 29.4 Å². The third-order valence-electron chi connectivity index (χ3n) is 4.92. The fraction of sp³-hybridized carbons (Fsp3) is 0.500. The maximum absolute atomic E-state index is 12.3. The maximum Gasteiger partial charge on any atom is 0.224 e. The Kier molecular flexibility index (Phi) is 3.82. The van der Waals surface area contributed by atoms with Gasteiger partial charge in [-0.3, -0.25) is 4.79 Å². The topological polar surface area (TPSA) is 87.7 Å². The summed E-state index contributed by atoms with van der Waals surface area (Å²) in [4.78, 5) is 12.3. The fourth-order valence-electron chi connectivity index (χ4n) is 3.94. The van der Waals surface area contributed by atoms with Crippen LogP contribution in [-0.4, -0.2) is 17.0 Å². The molecule has 0 aromatic heterocycles. The molecular formula is C16H21N3O2. The first kappa shape index (κ1) is 13.9. The number of oxime groups is 1. The van der Waals surface area contributed by atoms with Crippen LogP contribution in [0.5, 0.6) is 0 Å². The van der Waals surface area contributed by atoms with E-state index in [4.69, 9.17) is 10.9 Å². The molecule has 0 radical (unpaired) electrons. The van der Waals surface area contributed by atoms with Crippen molar-refractivity contribution >= 4 is 17.4 Å². The van der Waals surface area contributed by atoms with Crippen molar-refractivity contribution in [3.63, 3.8) is 0 Å². The number of rotatable bonds is 4. The summed E-state index contributed by atoms with van der Waals surface area (Å²) in [5.74, 6) is 2.13. The Balaban J connectivity index is 1.65. The van der Waals surface area contributed by atoms with Crippen LogP contribution >= 0.6 is 0 Å². The molecule has 2 fully saturated rings. The molecule has 1 aromatic rings. The Morgan fingerprint density at radius 3 is 2.81 bits per heavy atom. The molecule has 21 heavy (non-hydrogen) atoms. The number of carbonyl (C=O) groups is 1. The highest BCUT2D eigenvalue weighted by Crippen LogP contribution is 2.49. The quantitative estimate of drug-likeness (QED) is 0.344. The molecule has 3 atom stereocenters. The first-order chi connectivity index (χ1) is 10.2. The highest BCUT2D eigenvalue weighted by molar-refractivity contribution is 6.05. The number of hydrogen-bond acceptors (Lipinski definition) is 3. The number of nitrogens with zero attached hydrogens (tertiary/aromatic N) is 1. The summed E-state index contributed by atoms with van der Waals surface area (Å²) in [6.07, 6.45) is 5.70. The molecule has 5 nitrogen and oxygen atoms in total. The molecule has 1 amide bonds. The summed E-state index contributed by atoms with van der Waals surface area (Å²) in [5, 5.41) is 14.7. The zero-order valence-corrected chi connectivity index (χ0v) is 12.0. The van der Waals surface area contributed by atoms with Gasteiger partial charge in [0.2, 0.25) is 5.91 Å². The lowest BCUT2D eigenvalue weighted by molar-refractivity contribution is -0.117. The lowest BCUT2D eigenvalue weighted by atomic mass is 9.86. The monoisotopic (exact) mass is 287 g/mol. The maximum atomic E-state index is 12.3. The molecule has 0 saturated heterocycles. The van der Waals surface area contributed by atoms with E-state index in [1.165, 1.54) is 25.7 Å². The highest BCUT2D eigenvalue weighted by atomic mass is 16.4. The van der Waals surface area contributed by atoms with Crippen molar-refractivity contribution in [3.8, 4) is 0 Å². The van der Waals surface area contributed by atoms with Crippen molar-refractivity contribution in [1.82, 2.24) is 0 Å². The fourth-order valence-corrected chi connectivity index (χ4v) is 3.94. The SMILES string of the molecule is N/C(=N/O)c1ccccc1NC(=O)CC1CC2CCC1C2. The molecule has 2 saturated carbocycles. The summed E-state index contributed by atoms with van der Waals surface area (Å²) in [7, 11) is 0. The van der Waals surface area contributed by atoms with E-state index in [9.17, 15) is 4.79 Å². The standard InChI is InChI=1S/C16H21N3O2/c17-16(19-21)13-3-1-2-4-14(13)18-15(20)9-12-8-10-5-6-11(12)7-10/h1-4,10-12,21H,5-9H2,(H2,17,19)(H,18,20). The van der Waals surface area contributed by atoms with Gasteiger partial charge in [-0.25, -0.2) is 0 Å². The van der Waals surface area contributed by atoms with Gasteiger partial charge in [-0.15, -0.1) is 0 Å². The lowest BCUT2D eigenvalue weighted by Crippen LogP contribution is -2.22. The van der Waals surface area contributed by atoms with Gasteiger partial charge in [-0.05, 0) is 49.1 Å².